The van der Waals surface area contributed by atoms with Crippen molar-refractivity contribution in [2.75, 3.05) is 11.5 Å². The Morgan fingerprint density at radius 2 is 1.66 bits per heavy atom. The Labute approximate surface area is 181 Å². The van der Waals surface area contributed by atoms with Crippen molar-refractivity contribution in [3.05, 3.63) is 89.7 Å². The van der Waals surface area contributed by atoms with Gasteiger partial charge in [-0.25, -0.2) is 18.0 Å². The molecule has 3 aromatic carbocycles. The fraction of sp³-hybridized carbons (Fsp3) is 0.174. The molecule has 0 radical (unpaired) electrons. The van der Waals surface area contributed by atoms with Crippen molar-refractivity contribution >= 4 is 11.8 Å². The summed E-state index contributed by atoms with van der Waals surface area (Å²) in [5.41, 5.74) is 0.876. The zero-order valence-corrected chi connectivity index (χ0v) is 16.5. The first kappa shape index (κ1) is 21.5. The third-order valence-electron chi connectivity index (χ3n) is 5.05. The molecule has 2 unspecified atom stereocenters. The Morgan fingerprint density at radius 1 is 0.969 bits per heavy atom. The van der Waals surface area contributed by atoms with E-state index in [0.717, 1.165) is 12.1 Å². The molecule has 1 saturated heterocycles. The Bertz CT molecular complexity index is 1110. The maximum Gasteiger partial charge on any atom is 0.415 e. The van der Waals surface area contributed by atoms with E-state index in [9.17, 15) is 28.2 Å². The number of amides is 1. The maximum atomic E-state index is 13.4. The second kappa shape index (κ2) is 8.80. The number of phenols is 1. The molecule has 3 atom stereocenters. The Kier molecular flexibility index (Phi) is 5.91. The van der Waals surface area contributed by atoms with Gasteiger partial charge >= 0.3 is 6.09 Å². The number of aliphatic hydroxyl groups is 1. The molecular weight excluding hydrogens is 427 g/mol. The number of anilines is 1. The molecule has 0 spiro atoms. The lowest BCUT2D eigenvalue weighted by atomic mass is 9.96. The smallest absolute Gasteiger partial charge is 0.415 e. The van der Waals surface area contributed by atoms with Crippen LogP contribution in [0.15, 0.2) is 66.7 Å². The van der Waals surface area contributed by atoms with Crippen LogP contribution in [0.5, 0.6) is 11.5 Å². The second-order valence-corrected chi connectivity index (χ2v) is 7.19. The van der Waals surface area contributed by atoms with Crippen molar-refractivity contribution in [3.63, 3.8) is 0 Å². The summed E-state index contributed by atoms with van der Waals surface area (Å²) in [6.07, 6.45) is -3.23. The lowest BCUT2D eigenvalue weighted by Crippen LogP contribution is -2.38. The van der Waals surface area contributed by atoms with Gasteiger partial charge in [0.1, 0.15) is 36.1 Å². The molecular formula is C23H18F3NO5. The molecule has 4 rings (SSSR count). The van der Waals surface area contributed by atoms with E-state index in [4.69, 9.17) is 9.47 Å². The summed E-state index contributed by atoms with van der Waals surface area (Å²) in [7, 11) is 0. The van der Waals surface area contributed by atoms with E-state index in [1.54, 1.807) is 12.1 Å². The fourth-order valence-electron chi connectivity index (χ4n) is 3.51. The highest BCUT2D eigenvalue weighted by Gasteiger charge is 2.47. The highest BCUT2D eigenvalue weighted by atomic mass is 19.2. The van der Waals surface area contributed by atoms with Gasteiger partial charge in [0.25, 0.3) is 0 Å². The number of phenolic OH excluding ortho intramolecular Hbond substituents is 1. The Morgan fingerprint density at radius 3 is 2.31 bits per heavy atom. The molecule has 3 aromatic rings. The first-order valence-electron chi connectivity index (χ1n) is 9.64. The average molecular weight is 445 g/mol. The van der Waals surface area contributed by atoms with Crippen LogP contribution in [-0.2, 0) is 4.74 Å². The monoisotopic (exact) mass is 445 g/mol. The van der Waals surface area contributed by atoms with E-state index in [1.165, 1.54) is 47.4 Å². The van der Waals surface area contributed by atoms with Gasteiger partial charge in [-0.1, -0.05) is 12.1 Å². The molecule has 0 aromatic heterocycles. The number of hydrogen-bond acceptors (Lipinski definition) is 5. The number of ether oxygens (including phenoxy) is 2. The van der Waals surface area contributed by atoms with Gasteiger partial charge in [0.2, 0.25) is 0 Å². The van der Waals surface area contributed by atoms with Crippen LogP contribution in [0.1, 0.15) is 11.6 Å². The Balaban J connectivity index is 1.61. The molecule has 2 N–H and O–H groups in total. The topological polar surface area (TPSA) is 79.2 Å². The largest absolute Gasteiger partial charge is 0.508 e. The maximum absolute atomic E-state index is 13.4. The van der Waals surface area contributed by atoms with E-state index < -0.39 is 41.8 Å². The predicted molar refractivity (Wildman–Crippen MR) is 108 cm³/mol. The average Bonchev–Trinajstić information content (AvgIpc) is 3.12. The van der Waals surface area contributed by atoms with Crippen molar-refractivity contribution < 1.29 is 37.7 Å². The number of aliphatic hydroxyl groups excluding tert-OH is 1. The molecule has 0 aliphatic carbocycles. The molecule has 1 heterocycles. The summed E-state index contributed by atoms with van der Waals surface area (Å²) >= 11 is 0. The van der Waals surface area contributed by atoms with Crippen LogP contribution in [-0.4, -0.2) is 35.1 Å². The summed E-state index contributed by atoms with van der Waals surface area (Å²) in [6.45, 7) is -0.380. The normalized spacial score (nSPS) is 19.0. The third-order valence-corrected chi connectivity index (χ3v) is 5.05. The number of aromatic hydroxyl groups is 1. The lowest BCUT2D eigenvalue weighted by molar-refractivity contribution is -0.00653. The first-order valence-corrected chi connectivity index (χ1v) is 9.64. The van der Waals surface area contributed by atoms with Crippen LogP contribution in [0.25, 0.3) is 0 Å². The second-order valence-electron chi connectivity index (χ2n) is 7.19. The van der Waals surface area contributed by atoms with Crippen LogP contribution in [0.3, 0.4) is 0 Å². The minimum absolute atomic E-state index is 0.00564. The number of benzene rings is 3. The van der Waals surface area contributed by atoms with Gasteiger partial charge in [-0.15, -0.1) is 0 Å². The molecule has 6 nitrogen and oxygen atoms in total. The van der Waals surface area contributed by atoms with Crippen molar-refractivity contribution in [1.82, 2.24) is 0 Å². The number of rotatable bonds is 6. The van der Waals surface area contributed by atoms with Crippen LogP contribution in [0, 0.1) is 17.5 Å². The standard InChI is InChI=1S/C23H18F3NO5/c24-14-3-5-15(6-4-14)27-21(13-1-7-16(28)8-2-13)22(32-23(27)30)20(29)12-31-17-9-10-18(25)19(26)11-17/h1-11,20-22,28-29H,12H2/t20?,21-,22?/m1/s1. The molecule has 1 aliphatic rings. The molecule has 0 saturated carbocycles. The van der Waals surface area contributed by atoms with Gasteiger partial charge < -0.3 is 19.7 Å². The first-order chi connectivity index (χ1) is 15.3. The zero-order valence-electron chi connectivity index (χ0n) is 16.5. The van der Waals surface area contributed by atoms with Gasteiger partial charge in [-0.3, -0.25) is 4.90 Å². The van der Waals surface area contributed by atoms with Crippen molar-refractivity contribution in [3.8, 4) is 11.5 Å². The van der Waals surface area contributed by atoms with Gasteiger partial charge in [-0.05, 0) is 54.1 Å². The van der Waals surface area contributed by atoms with Gasteiger partial charge in [0, 0.05) is 11.8 Å². The van der Waals surface area contributed by atoms with Crippen LogP contribution in [0.4, 0.5) is 23.7 Å². The minimum atomic E-state index is -1.35. The van der Waals surface area contributed by atoms with Crippen LogP contribution >= 0.6 is 0 Å². The van der Waals surface area contributed by atoms with E-state index in [-0.39, 0.29) is 18.1 Å². The predicted octanol–water partition coefficient (Wildman–Crippen LogP) is 4.32. The van der Waals surface area contributed by atoms with Crippen molar-refractivity contribution in [2.24, 2.45) is 0 Å². The Hall–Kier alpha value is -3.72. The molecule has 0 bridgehead atoms. The van der Waals surface area contributed by atoms with Crippen molar-refractivity contribution in [2.45, 2.75) is 18.2 Å². The molecule has 1 fully saturated rings. The summed E-state index contributed by atoms with van der Waals surface area (Å²) in [5.74, 6) is -2.63. The number of nitrogens with zero attached hydrogens (tertiary/aromatic N) is 1. The van der Waals surface area contributed by atoms with E-state index in [2.05, 4.69) is 0 Å². The van der Waals surface area contributed by atoms with Gasteiger partial charge in [-0.2, -0.15) is 0 Å². The highest BCUT2D eigenvalue weighted by molar-refractivity contribution is 5.91. The number of carbonyl (C=O) groups excluding carboxylic acids is 1. The summed E-state index contributed by atoms with van der Waals surface area (Å²) in [4.78, 5) is 14.0. The SMILES string of the molecule is O=C1OC(C(O)COc2ccc(F)c(F)c2)[C@@H](c2ccc(O)cc2)N1c1ccc(F)cc1. The fourth-order valence-corrected chi connectivity index (χ4v) is 3.51. The molecule has 166 valence electrons. The lowest BCUT2D eigenvalue weighted by Gasteiger charge is -2.27. The number of halogens is 3. The van der Waals surface area contributed by atoms with E-state index in [1.807, 2.05) is 0 Å². The number of hydrogen-bond donors (Lipinski definition) is 2. The molecule has 1 aliphatic heterocycles. The molecule has 9 heteroatoms. The van der Waals surface area contributed by atoms with Crippen molar-refractivity contribution in [1.29, 1.82) is 0 Å². The van der Waals surface area contributed by atoms with Crippen LogP contribution < -0.4 is 9.64 Å². The summed E-state index contributed by atoms with van der Waals surface area (Å²) in [5, 5.41) is 20.4. The molecule has 32 heavy (non-hydrogen) atoms. The summed E-state index contributed by atoms with van der Waals surface area (Å²) in [6, 6.07) is 13.2. The summed E-state index contributed by atoms with van der Waals surface area (Å²) < 4.78 is 50.7. The molecule has 1 amide bonds. The number of carbonyl (C=O) groups is 1. The quantitative estimate of drug-likeness (QED) is 0.591. The number of cyclic esters (lactones) is 1. The van der Waals surface area contributed by atoms with Gasteiger partial charge in [0.05, 0.1) is 0 Å². The van der Waals surface area contributed by atoms with Crippen LogP contribution in [0.2, 0.25) is 0 Å². The van der Waals surface area contributed by atoms with E-state index >= 15 is 0 Å². The van der Waals surface area contributed by atoms with Gasteiger partial charge in [0.15, 0.2) is 17.7 Å². The third kappa shape index (κ3) is 4.33. The zero-order chi connectivity index (χ0) is 22.8. The van der Waals surface area contributed by atoms with E-state index in [0.29, 0.717) is 11.3 Å². The highest BCUT2D eigenvalue weighted by Crippen LogP contribution is 2.39. The minimum Gasteiger partial charge on any atom is -0.508 e.